The highest BCUT2D eigenvalue weighted by atomic mass is 16.5. The first kappa shape index (κ1) is 13.2. The quantitative estimate of drug-likeness (QED) is 0.747. The molecule has 0 radical (unpaired) electrons. The van der Waals surface area contributed by atoms with E-state index in [0.29, 0.717) is 11.8 Å². The zero-order chi connectivity index (χ0) is 14.8. The van der Waals surface area contributed by atoms with E-state index in [1.54, 1.807) is 12.3 Å². The molecule has 0 saturated heterocycles. The van der Waals surface area contributed by atoms with Gasteiger partial charge in [-0.3, -0.25) is 0 Å². The summed E-state index contributed by atoms with van der Waals surface area (Å²) >= 11 is 0. The van der Waals surface area contributed by atoms with E-state index in [0.717, 1.165) is 22.2 Å². The average Bonchev–Trinajstić information content (AvgIpc) is 2.51. The van der Waals surface area contributed by atoms with Crippen molar-refractivity contribution in [3.8, 4) is 11.6 Å². The molecule has 21 heavy (non-hydrogen) atoms. The number of ether oxygens (including phenoxy) is 1. The van der Waals surface area contributed by atoms with Gasteiger partial charge in [-0.15, -0.1) is 0 Å². The molecule has 106 valence electrons. The fraction of sp³-hybridized carbons (Fsp3) is 0.125. The first-order valence-electron chi connectivity index (χ1n) is 6.60. The second kappa shape index (κ2) is 5.28. The first-order valence-corrected chi connectivity index (χ1v) is 6.60. The van der Waals surface area contributed by atoms with Crippen LogP contribution in [0.3, 0.4) is 0 Å². The van der Waals surface area contributed by atoms with Crippen molar-refractivity contribution in [2.24, 2.45) is 0 Å². The third kappa shape index (κ3) is 2.58. The number of hydrogen-bond acceptors (Lipinski definition) is 5. The summed E-state index contributed by atoms with van der Waals surface area (Å²) in [6.45, 7) is 0. The summed E-state index contributed by atoms with van der Waals surface area (Å²) in [4.78, 5) is 10.4. The van der Waals surface area contributed by atoms with Gasteiger partial charge in [-0.25, -0.2) is 4.98 Å². The predicted octanol–water partition coefficient (Wildman–Crippen LogP) is 3.07. The van der Waals surface area contributed by atoms with Crippen LogP contribution in [-0.4, -0.2) is 24.1 Å². The Balaban J connectivity index is 2.02. The first-order chi connectivity index (χ1) is 10.1. The van der Waals surface area contributed by atoms with E-state index < -0.39 is 0 Å². The zero-order valence-electron chi connectivity index (χ0n) is 11.9. The number of benzene rings is 2. The van der Waals surface area contributed by atoms with E-state index in [4.69, 9.17) is 10.5 Å². The third-order valence-electron chi connectivity index (χ3n) is 3.15. The maximum atomic E-state index is 5.99. The van der Waals surface area contributed by atoms with Crippen molar-refractivity contribution in [3.63, 3.8) is 0 Å². The van der Waals surface area contributed by atoms with E-state index in [9.17, 15) is 0 Å². The van der Waals surface area contributed by atoms with Crippen LogP contribution in [0.15, 0.2) is 48.7 Å². The molecule has 0 aliphatic rings. The summed E-state index contributed by atoms with van der Waals surface area (Å²) in [7, 11) is 3.77. The predicted molar refractivity (Wildman–Crippen MR) is 84.8 cm³/mol. The van der Waals surface area contributed by atoms with Gasteiger partial charge in [-0.2, -0.15) is 4.98 Å². The minimum Gasteiger partial charge on any atom is -0.438 e. The molecule has 2 aromatic carbocycles. The third-order valence-corrected chi connectivity index (χ3v) is 3.15. The Labute approximate surface area is 123 Å². The molecule has 0 aliphatic heterocycles. The summed E-state index contributed by atoms with van der Waals surface area (Å²) < 4.78 is 5.90. The normalized spacial score (nSPS) is 10.6. The van der Waals surface area contributed by atoms with Crippen LogP contribution in [0.1, 0.15) is 0 Å². The van der Waals surface area contributed by atoms with Crippen LogP contribution in [0.5, 0.6) is 11.6 Å². The second-order valence-electron chi connectivity index (χ2n) is 4.89. The number of fused-ring (bicyclic) bond motifs is 1. The molecule has 0 atom stereocenters. The molecular weight excluding hydrogens is 264 g/mol. The van der Waals surface area contributed by atoms with Crippen LogP contribution in [-0.2, 0) is 0 Å². The van der Waals surface area contributed by atoms with Crippen LogP contribution >= 0.6 is 0 Å². The fourth-order valence-electron chi connectivity index (χ4n) is 2.10. The number of nitrogens with two attached hydrogens (primary N) is 1. The minimum atomic E-state index is 0.503. The fourth-order valence-corrected chi connectivity index (χ4v) is 2.10. The highest BCUT2D eigenvalue weighted by Crippen LogP contribution is 2.32. The molecule has 0 fully saturated rings. The Morgan fingerprint density at radius 1 is 1.00 bits per heavy atom. The van der Waals surface area contributed by atoms with E-state index in [-0.39, 0.29) is 0 Å². The number of hydrogen-bond donors (Lipinski definition) is 1. The molecule has 0 aliphatic carbocycles. The van der Waals surface area contributed by atoms with Crippen LogP contribution < -0.4 is 15.4 Å². The molecule has 2 N–H and O–H groups in total. The van der Waals surface area contributed by atoms with E-state index >= 15 is 0 Å². The van der Waals surface area contributed by atoms with E-state index in [1.807, 2.05) is 55.4 Å². The Kier molecular flexibility index (Phi) is 3.31. The Hall–Kier alpha value is -2.82. The van der Waals surface area contributed by atoms with Gasteiger partial charge in [0, 0.05) is 42.8 Å². The van der Waals surface area contributed by atoms with Crippen molar-refractivity contribution in [3.05, 3.63) is 48.7 Å². The van der Waals surface area contributed by atoms with Gasteiger partial charge in [0.25, 0.3) is 0 Å². The monoisotopic (exact) mass is 280 g/mol. The topological polar surface area (TPSA) is 64.3 Å². The lowest BCUT2D eigenvalue weighted by Gasteiger charge is -2.12. The molecular formula is C16H16N4O. The molecule has 5 nitrogen and oxygen atoms in total. The highest BCUT2D eigenvalue weighted by molar-refractivity contribution is 5.97. The van der Waals surface area contributed by atoms with Crippen LogP contribution in [0.2, 0.25) is 0 Å². The Morgan fingerprint density at radius 2 is 1.76 bits per heavy atom. The Bertz CT molecular complexity index is 786. The van der Waals surface area contributed by atoms with Gasteiger partial charge in [0.1, 0.15) is 5.75 Å². The minimum absolute atomic E-state index is 0.503. The largest absolute Gasteiger partial charge is 0.438 e. The van der Waals surface area contributed by atoms with Crippen molar-refractivity contribution >= 4 is 22.4 Å². The standard InChI is InChI=1S/C16H16N4O/c1-20(2)16-18-10-9-15(19-16)21-14-8-7-13(17)11-5-3-4-6-12(11)14/h3-10H,17H2,1-2H3. The van der Waals surface area contributed by atoms with Gasteiger partial charge in [0.2, 0.25) is 11.8 Å². The van der Waals surface area contributed by atoms with Crippen molar-refractivity contribution in [1.82, 2.24) is 9.97 Å². The molecule has 3 rings (SSSR count). The molecule has 0 spiro atoms. The maximum absolute atomic E-state index is 5.99. The van der Waals surface area contributed by atoms with Gasteiger partial charge in [-0.05, 0) is 12.1 Å². The lowest BCUT2D eigenvalue weighted by atomic mass is 10.1. The SMILES string of the molecule is CN(C)c1nccc(Oc2ccc(N)c3ccccc23)n1. The van der Waals surface area contributed by atoms with Gasteiger partial charge in [0.05, 0.1) is 0 Å². The van der Waals surface area contributed by atoms with Gasteiger partial charge >= 0.3 is 0 Å². The average molecular weight is 280 g/mol. The van der Waals surface area contributed by atoms with Gasteiger partial charge < -0.3 is 15.4 Å². The van der Waals surface area contributed by atoms with Crippen molar-refractivity contribution in [2.75, 3.05) is 24.7 Å². The second-order valence-corrected chi connectivity index (χ2v) is 4.89. The number of anilines is 2. The highest BCUT2D eigenvalue weighted by Gasteiger charge is 2.08. The molecule has 1 heterocycles. The van der Waals surface area contributed by atoms with Crippen LogP contribution in [0.4, 0.5) is 11.6 Å². The number of aromatic nitrogens is 2. The summed E-state index contributed by atoms with van der Waals surface area (Å²) in [5.41, 5.74) is 6.73. The molecule has 3 aromatic rings. The number of rotatable bonds is 3. The smallest absolute Gasteiger partial charge is 0.228 e. The van der Waals surface area contributed by atoms with Crippen LogP contribution in [0, 0.1) is 0 Å². The molecule has 0 unspecified atom stereocenters. The van der Waals surface area contributed by atoms with Gasteiger partial charge in [-0.1, -0.05) is 24.3 Å². The lowest BCUT2D eigenvalue weighted by molar-refractivity contribution is 0.467. The van der Waals surface area contributed by atoms with Crippen molar-refractivity contribution in [1.29, 1.82) is 0 Å². The summed E-state index contributed by atoms with van der Waals surface area (Å²) in [6, 6.07) is 13.3. The number of nitrogens with zero attached hydrogens (tertiary/aromatic N) is 3. The van der Waals surface area contributed by atoms with E-state index in [1.165, 1.54) is 0 Å². The molecule has 1 aromatic heterocycles. The number of nitrogen functional groups attached to an aromatic ring is 1. The summed E-state index contributed by atoms with van der Waals surface area (Å²) in [5.74, 6) is 1.83. The molecule has 0 amide bonds. The molecule has 0 saturated carbocycles. The maximum Gasteiger partial charge on any atom is 0.228 e. The van der Waals surface area contributed by atoms with E-state index in [2.05, 4.69) is 9.97 Å². The van der Waals surface area contributed by atoms with Crippen molar-refractivity contribution in [2.45, 2.75) is 0 Å². The zero-order valence-corrected chi connectivity index (χ0v) is 11.9. The molecule has 5 heteroatoms. The van der Waals surface area contributed by atoms with Gasteiger partial charge in [0.15, 0.2) is 0 Å². The van der Waals surface area contributed by atoms with Crippen LogP contribution in [0.25, 0.3) is 10.8 Å². The molecule has 0 bridgehead atoms. The summed E-state index contributed by atoms with van der Waals surface area (Å²) in [6.07, 6.45) is 1.68. The summed E-state index contributed by atoms with van der Waals surface area (Å²) in [5, 5.41) is 1.93. The van der Waals surface area contributed by atoms with Crippen molar-refractivity contribution < 1.29 is 4.74 Å². The lowest BCUT2D eigenvalue weighted by Crippen LogP contribution is -2.12. The Morgan fingerprint density at radius 3 is 2.52 bits per heavy atom.